The topological polar surface area (TPSA) is 26.3 Å². The van der Waals surface area contributed by atoms with E-state index in [4.69, 9.17) is 0 Å². The third-order valence-electron chi connectivity index (χ3n) is 0.392. The van der Waals surface area contributed by atoms with E-state index in [1.165, 1.54) is 0 Å². The van der Waals surface area contributed by atoms with Crippen molar-refractivity contribution in [3.8, 4) is 0 Å². The van der Waals surface area contributed by atoms with Crippen LogP contribution in [0.2, 0.25) is 0 Å². The molecule has 0 bridgehead atoms. The van der Waals surface area contributed by atoms with Gasteiger partial charge in [-0.3, -0.25) is 4.79 Å². The van der Waals surface area contributed by atoms with Gasteiger partial charge in [0.2, 0.25) is 0 Å². The minimum absolute atomic E-state index is 0.134. The van der Waals surface area contributed by atoms with Crippen LogP contribution in [0.3, 0.4) is 0 Å². The number of carbonyl (C=O) groups is 1. The van der Waals surface area contributed by atoms with E-state index in [0.717, 1.165) is 0 Å². The summed E-state index contributed by atoms with van der Waals surface area (Å²) in [7, 11) is 0. The molecule has 0 aliphatic rings. The molecular formula is C4H7O2S. The van der Waals surface area contributed by atoms with E-state index >= 15 is 0 Å². The van der Waals surface area contributed by atoms with Crippen LogP contribution in [0.15, 0.2) is 0 Å². The summed E-state index contributed by atoms with van der Waals surface area (Å²) in [5.74, 6) is -0.187. The minimum atomic E-state index is -0.321. The fraction of sp³-hybridized carbons (Fsp3) is 0.500. The molecule has 0 aliphatic heterocycles. The highest BCUT2D eigenvalue weighted by Crippen LogP contribution is 1.78. The molecule has 0 amide bonds. The first-order chi connectivity index (χ1) is 3.31. The van der Waals surface area contributed by atoms with Gasteiger partial charge in [-0.05, 0) is 6.92 Å². The first-order valence-electron chi connectivity index (χ1n) is 1.87. The zero-order chi connectivity index (χ0) is 5.70. The van der Waals surface area contributed by atoms with Gasteiger partial charge in [-0.15, -0.1) is 0 Å². The lowest BCUT2D eigenvalue weighted by Gasteiger charge is -1.93. The molecule has 0 saturated carbocycles. The Morgan fingerprint density at radius 2 is 2.43 bits per heavy atom. The summed E-state index contributed by atoms with van der Waals surface area (Å²) < 4.78 is 4.36. The normalized spacial score (nSPS) is 8.29. The summed E-state index contributed by atoms with van der Waals surface area (Å²) in [6, 6.07) is 0. The van der Waals surface area contributed by atoms with E-state index in [2.05, 4.69) is 24.3 Å². The molecule has 0 fully saturated rings. The van der Waals surface area contributed by atoms with E-state index in [1.54, 1.807) is 0 Å². The molecule has 3 heteroatoms. The van der Waals surface area contributed by atoms with Crippen LogP contribution in [0.1, 0.15) is 0 Å². The van der Waals surface area contributed by atoms with Crippen molar-refractivity contribution in [2.75, 3.05) is 12.4 Å². The molecule has 0 unspecified atom stereocenters. The van der Waals surface area contributed by atoms with E-state index in [-0.39, 0.29) is 18.3 Å². The summed E-state index contributed by atoms with van der Waals surface area (Å²) in [5, 5.41) is 0. The van der Waals surface area contributed by atoms with Crippen LogP contribution in [-0.4, -0.2) is 18.3 Å². The molecule has 0 rings (SSSR count). The summed E-state index contributed by atoms with van der Waals surface area (Å²) >= 11 is 3.65. The molecular weight excluding hydrogens is 112 g/mol. The smallest absolute Gasteiger partial charge is 0.315 e. The fourth-order valence-corrected chi connectivity index (χ4v) is 0.251. The highest BCUT2D eigenvalue weighted by Gasteiger charge is 1.92. The lowest BCUT2D eigenvalue weighted by Crippen LogP contribution is -2.04. The average Bonchev–Trinajstić information content (AvgIpc) is 1.68. The lowest BCUT2D eigenvalue weighted by atomic mass is 10.8. The zero-order valence-electron chi connectivity index (χ0n) is 3.89. The third kappa shape index (κ3) is 3.66. The van der Waals surface area contributed by atoms with Gasteiger partial charge < -0.3 is 4.74 Å². The number of rotatable bonds is 2. The van der Waals surface area contributed by atoms with E-state index in [9.17, 15) is 4.79 Å². The number of ether oxygens (including phenoxy) is 1. The maximum absolute atomic E-state index is 10.1. The van der Waals surface area contributed by atoms with Crippen LogP contribution in [0.4, 0.5) is 0 Å². The zero-order valence-corrected chi connectivity index (χ0v) is 4.78. The van der Waals surface area contributed by atoms with Gasteiger partial charge in [0.15, 0.2) is 0 Å². The van der Waals surface area contributed by atoms with Crippen LogP contribution < -0.4 is 0 Å². The summed E-state index contributed by atoms with van der Waals surface area (Å²) in [6.07, 6.45) is 0. The van der Waals surface area contributed by atoms with Gasteiger partial charge in [0.05, 0.1) is 12.4 Å². The minimum Gasteiger partial charge on any atom is -0.465 e. The van der Waals surface area contributed by atoms with E-state index < -0.39 is 0 Å². The van der Waals surface area contributed by atoms with Crippen molar-refractivity contribution in [2.45, 2.75) is 0 Å². The molecule has 0 aromatic heterocycles. The first-order valence-corrected chi connectivity index (χ1v) is 2.50. The predicted octanol–water partition coefficient (Wildman–Crippen LogP) is 0.293. The van der Waals surface area contributed by atoms with Gasteiger partial charge in [-0.1, -0.05) is 0 Å². The molecule has 0 N–H and O–H groups in total. The Morgan fingerprint density at radius 1 is 1.86 bits per heavy atom. The number of carbonyl (C=O) groups excluding carboxylic acids is 1. The standard InChI is InChI=1S/C4H7O2S/c1-2-6-4(5)3-7/h7H,1-3H2. The Kier molecular flexibility index (Phi) is 3.89. The van der Waals surface area contributed by atoms with Gasteiger partial charge in [0, 0.05) is 0 Å². The van der Waals surface area contributed by atoms with Crippen molar-refractivity contribution in [1.29, 1.82) is 0 Å². The van der Waals surface area contributed by atoms with Crippen LogP contribution in [0, 0.1) is 6.92 Å². The number of thiol groups is 1. The molecule has 0 saturated heterocycles. The van der Waals surface area contributed by atoms with Crippen molar-refractivity contribution >= 4 is 18.6 Å². The second-order valence-corrected chi connectivity index (χ2v) is 1.19. The maximum Gasteiger partial charge on any atom is 0.315 e. The SMILES string of the molecule is [CH2]COC(=O)CS. The third-order valence-corrected chi connectivity index (χ3v) is 0.650. The Bertz CT molecular complexity index is 62.7. The fourth-order valence-electron chi connectivity index (χ4n) is 0.159. The summed E-state index contributed by atoms with van der Waals surface area (Å²) in [4.78, 5) is 10.1. The van der Waals surface area contributed by atoms with Gasteiger partial charge >= 0.3 is 5.97 Å². The number of esters is 1. The Morgan fingerprint density at radius 3 is 2.57 bits per heavy atom. The molecule has 0 aromatic carbocycles. The molecule has 0 atom stereocenters. The molecule has 1 radical (unpaired) electrons. The predicted molar refractivity (Wildman–Crippen MR) is 30.2 cm³/mol. The van der Waals surface area contributed by atoms with Crippen LogP contribution >= 0.6 is 12.6 Å². The number of hydrogen-bond donors (Lipinski definition) is 1. The van der Waals surface area contributed by atoms with Crippen molar-refractivity contribution < 1.29 is 9.53 Å². The molecule has 2 nitrogen and oxygen atoms in total. The maximum atomic E-state index is 10.1. The summed E-state index contributed by atoms with van der Waals surface area (Å²) in [6.45, 7) is 3.49. The molecule has 7 heavy (non-hydrogen) atoms. The second kappa shape index (κ2) is 3.99. The second-order valence-electron chi connectivity index (χ2n) is 0.879. The van der Waals surface area contributed by atoms with Crippen molar-refractivity contribution in [2.24, 2.45) is 0 Å². The monoisotopic (exact) mass is 119 g/mol. The molecule has 0 spiro atoms. The molecule has 0 heterocycles. The Labute approximate surface area is 48.3 Å². The van der Waals surface area contributed by atoms with Crippen LogP contribution in [0.5, 0.6) is 0 Å². The van der Waals surface area contributed by atoms with E-state index in [1.807, 2.05) is 0 Å². The summed E-state index contributed by atoms with van der Waals surface area (Å²) in [5.41, 5.74) is 0. The van der Waals surface area contributed by atoms with Crippen LogP contribution in [-0.2, 0) is 9.53 Å². The van der Waals surface area contributed by atoms with Crippen molar-refractivity contribution in [1.82, 2.24) is 0 Å². The number of hydrogen-bond acceptors (Lipinski definition) is 3. The molecule has 0 aliphatic carbocycles. The van der Waals surface area contributed by atoms with Gasteiger partial charge in [-0.2, -0.15) is 12.6 Å². The van der Waals surface area contributed by atoms with E-state index in [0.29, 0.717) is 0 Å². The van der Waals surface area contributed by atoms with Gasteiger partial charge in [0.1, 0.15) is 0 Å². The molecule has 0 aromatic rings. The van der Waals surface area contributed by atoms with Crippen LogP contribution in [0.25, 0.3) is 0 Å². The van der Waals surface area contributed by atoms with Crippen molar-refractivity contribution in [3.05, 3.63) is 6.92 Å². The van der Waals surface area contributed by atoms with Crippen molar-refractivity contribution in [3.63, 3.8) is 0 Å². The van der Waals surface area contributed by atoms with Gasteiger partial charge in [0.25, 0.3) is 0 Å². The highest BCUT2D eigenvalue weighted by atomic mass is 32.1. The largest absolute Gasteiger partial charge is 0.465 e. The quantitative estimate of drug-likeness (QED) is 0.418. The molecule has 41 valence electrons. The Balaban J connectivity index is 3.00. The van der Waals surface area contributed by atoms with Gasteiger partial charge in [-0.25, -0.2) is 0 Å². The highest BCUT2D eigenvalue weighted by molar-refractivity contribution is 7.81. The first kappa shape index (κ1) is 6.82. The lowest BCUT2D eigenvalue weighted by molar-refractivity contribution is -0.139. The average molecular weight is 119 g/mol. The Hall–Kier alpha value is -0.180.